The first-order chi connectivity index (χ1) is 15.2. The fourth-order valence-electron chi connectivity index (χ4n) is 3.37. The van der Waals surface area contributed by atoms with Gasteiger partial charge in [-0.3, -0.25) is 0 Å². The number of benzene rings is 1. The van der Waals surface area contributed by atoms with E-state index < -0.39 is 0 Å². The van der Waals surface area contributed by atoms with Gasteiger partial charge in [-0.05, 0) is 85.0 Å². The molecule has 0 radical (unpaired) electrons. The maximum absolute atomic E-state index is 8.63. The van der Waals surface area contributed by atoms with E-state index in [1.54, 1.807) is 24.3 Å². The standard InChI is InChI=1S/C20H14N4.C6H6O.Mg.2H/c1-2-14-10-16-5-6-18(23-16)12-20-8-7-19(24-20)11-17-4-3-15(22-17)9-13(1)21-14;7-6-4-2-1-3-5-6;;;/h1-12,21-22H;1-5,7H;;;/q;;+2;2*-1. The van der Waals surface area contributed by atoms with Gasteiger partial charge in [0.2, 0.25) is 0 Å². The molecule has 0 spiro atoms. The van der Waals surface area contributed by atoms with E-state index in [9.17, 15) is 0 Å². The van der Waals surface area contributed by atoms with Gasteiger partial charge in [0.05, 0.1) is 22.8 Å². The van der Waals surface area contributed by atoms with E-state index in [2.05, 4.69) is 50.3 Å². The van der Waals surface area contributed by atoms with Gasteiger partial charge in [-0.1, -0.05) is 18.2 Å². The van der Waals surface area contributed by atoms with Gasteiger partial charge in [0.25, 0.3) is 0 Å². The second-order valence-corrected chi connectivity index (χ2v) is 7.24. The van der Waals surface area contributed by atoms with Crippen LogP contribution in [0.3, 0.4) is 0 Å². The molecule has 0 saturated carbocycles. The Labute approximate surface area is 204 Å². The summed E-state index contributed by atoms with van der Waals surface area (Å²) in [6, 6.07) is 25.1. The number of phenolic OH excluding ortho intramolecular Hbond substituents is 1. The summed E-state index contributed by atoms with van der Waals surface area (Å²) in [4.78, 5) is 16.0. The molecule has 0 amide bonds. The van der Waals surface area contributed by atoms with Crippen LogP contribution in [0.5, 0.6) is 5.75 Å². The van der Waals surface area contributed by atoms with Crippen molar-refractivity contribution in [1.82, 2.24) is 19.9 Å². The Balaban J connectivity index is 0.000000357. The molecule has 154 valence electrons. The maximum atomic E-state index is 8.63. The van der Waals surface area contributed by atoms with Crippen LogP contribution in [0, 0.1) is 0 Å². The first kappa shape index (κ1) is 21.6. The zero-order chi connectivity index (χ0) is 21.0. The van der Waals surface area contributed by atoms with Gasteiger partial charge in [-0.2, -0.15) is 0 Å². The van der Waals surface area contributed by atoms with Crippen LogP contribution in [-0.4, -0.2) is 48.1 Å². The number of fused-ring (bicyclic) bond motifs is 8. The molecule has 0 unspecified atom stereocenters. The molecule has 1 aromatic carbocycles. The third-order valence-corrected chi connectivity index (χ3v) is 4.80. The largest absolute Gasteiger partial charge is 2.00 e. The first-order valence-corrected chi connectivity index (χ1v) is 9.98. The van der Waals surface area contributed by atoms with E-state index in [1.165, 1.54) is 0 Å². The Hall–Kier alpha value is -3.61. The molecule has 0 atom stereocenters. The predicted molar refractivity (Wildman–Crippen MR) is 135 cm³/mol. The summed E-state index contributed by atoms with van der Waals surface area (Å²) in [6.07, 6.45) is 8.05. The minimum absolute atomic E-state index is 0. The topological polar surface area (TPSA) is 77.6 Å². The summed E-state index contributed by atoms with van der Waals surface area (Å²) in [5, 5.41) is 8.63. The number of aromatic amines is 2. The summed E-state index contributed by atoms with van der Waals surface area (Å²) < 4.78 is 0. The number of para-hydroxylation sites is 1. The number of aromatic nitrogens is 4. The van der Waals surface area contributed by atoms with Crippen molar-refractivity contribution < 1.29 is 7.96 Å². The van der Waals surface area contributed by atoms with E-state index in [1.807, 2.05) is 48.6 Å². The van der Waals surface area contributed by atoms with Crippen LogP contribution < -0.4 is 0 Å². The summed E-state index contributed by atoms with van der Waals surface area (Å²) in [5.41, 5.74) is 7.86. The molecule has 0 fully saturated rings. The molecule has 5 heterocycles. The molecule has 32 heavy (non-hydrogen) atoms. The van der Waals surface area contributed by atoms with Crippen molar-refractivity contribution in [3.05, 3.63) is 102 Å². The number of hydrogen-bond donors (Lipinski definition) is 3. The Morgan fingerprint density at radius 3 is 1.34 bits per heavy atom. The van der Waals surface area contributed by atoms with Crippen LogP contribution in [0.15, 0.2) is 78.9 Å². The molecule has 5 nitrogen and oxygen atoms in total. The fourth-order valence-corrected chi connectivity index (χ4v) is 3.37. The van der Waals surface area contributed by atoms with Gasteiger partial charge < -0.3 is 17.9 Å². The van der Waals surface area contributed by atoms with Crippen molar-refractivity contribution >= 4 is 69.4 Å². The fraction of sp³-hybridized carbons (Fsp3) is 0. The maximum Gasteiger partial charge on any atom is 2.00 e. The first-order valence-electron chi connectivity index (χ1n) is 9.98. The van der Waals surface area contributed by atoms with Gasteiger partial charge in [-0.15, -0.1) is 0 Å². The number of hydrogen-bond acceptors (Lipinski definition) is 3. The molecule has 2 aliphatic heterocycles. The van der Waals surface area contributed by atoms with Crippen LogP contribution in [0.1, 0.15) is 25.6 Å². The quantitative estimate of drug-likeness (QED) is 0.263. The summed E-state index contributed by atoms with van der Waals surface area (Å²) in [6.45, 7) is 0. The Bertz CT molecular complexity index is 1370. The molecule has 6 heteroatoms. The number of H-pyrrole nitrogens is 2. The molecule has 0 saturated heterocycles. The third kappa shape index (κ3) is 5.35. The molecule has 4 aromatic rings. The van der Waals surface area contributed by atoms with Crippen molar-refractivity contribution in [1.29, 1.82) is 0 Å². The zero-order valence-electron chi connectivity index (χ0n) is 19.4. The van der Waals surface area contributed by atoms with Crippen molar-refractivity contribution in [3.8, 4) is 5.75 Å². The Morgan fingerprint density at radius 2 is 0.938 bits per heavy atom. The molecular weight excluding hydrogens is 409 g/mol. The van der Waals surface area contributed by atoms with Crippen LogP contribution in [0.2, 0.25) is 0 Å². The normalized spacial score (nSPS) is 11.4. The average molecular weight is 431 g/mol. The van der Waals surface area contributed by atoms with Crippen LogP contribution in [-0.2, 0) is 0 Å². The molecule has 6 rings (SSSR count). The van der Waals surface area contributed by atoms with E-state index >= 15 is 0 Å². The molecule has 0 aliphatic carbocycles. The monoisotopic (exact) mass is 430 g/mol. The van der Waals surface area contributed by atoms with Crippen LogP contribution >= 0.6 is 0 Å². The van der Waals surface area contributed by atoms with Crippen molar-refractivity contribution in [2.24, 2.45) is 0 Å². The SMILES string of the molecule is C1=Cc2cc3ccc(cc4ccc(cc5nc(cc1n2)C=C5)[nH]4)[nH]3.Oc1ccccc1.[H-].[H-].[Mg+2]. The van der Waals surface area contributed by atoms with E-state index in [0.29, 0.717) is 5.75 Å². The Morgan fingerprint density at radius 1 is 0.531 bits per heavy atom. The van der Waals surface area contributed by atoms with Crippen LogP contribution in [0.25, 0.3) is 46.4 Å². The number of nitrogens with one attached hydrogen (secondary N) is 2. The minimum Gasteiger partial charge on any atom is -1.00 e. The van der Waals surface area contributed by atoms with Gasteiger partial charge in [0.15, 0.2) is 0 Å². The molecule has 3 aromatic heterocycles. The number of rotatable bonds is 0. The van der Waals surface area contributed by atoms with Gasteiger partial charge in [0.1, 0.15) is 5.75 Å². The summed E-state index contributed by atoms with van der Waals surface area (Å²) in [5.74, 6) is 0.322. The summed E-state index contributed by atoms with van der Waals surface area (Å²) >= 11 is 0. The van der Waals surface area contributed by atoms with Gasteiger partial charge >= 0.3 is 23.1 Å². The zero-order valence-corrected chi connectivity index (χ0v) is 18.8. The van der Waals surface area contributed by atoms with Crippen molar-refractivity contribution in [3.63, 3.8) is 0 Å². The number of aromatic hydroxyl groups is 1. The Kier molecular flexibility index (Phi) is 6.54. The number of phenols is 1. The average Bonchev–Trinajstić information content (AvgIpc) is 3.55. The second-order valence-electron chi connectivity index (χ2n) is 7.24. The smallest absolute Gasteiger partial charge is 1.00 e. The van der Waals surface area contributed by atoms with E-state index in [0.717, 1.165) is 44.8 Å². The summed E-state index contributed by atoms with van der Waals surface area (Å²) in [7, 11) is 0. The van der Waals surface area contributed by atoms with Gasteiger partial charge in [0, 0.05) is 22.1 Å². The third-order valence-electron chi connectivity index (χ3n) is 4.80. The number of nitrogens with zero attached hydrogens (tertiary/aromatic N) is 2. The second kappa shape index (κ2) is 9.68. The molecular formula is C26H22MgN4O. The molecule has 3 N–H and O–H groups in total. The van der Waals surface area contributed by atoms with Crippen molar-refractivity contribution in [2.45, 2.75) is 0 Å². The molecule has 2 aliphatic rings. The van der Waals surface area contributed by atoms with Crippen molar-refractivity contribution in [2.75, 3.05) is 0 Å². The van der Waals surface area contributed by atoms with Gasteiger partial charge in [-0.25, -0.2) is 9.97 Å². The van der Waals surface area contributed by atoms with Crippen LogP contribution in [0.4, 0.5) is 0 Å². The van der Waals surface area contributed by atoms with E-state index in [4.69, 9.17) is 5.11 Å². The molecule has 8 bridgehead atoms. The predicted octanol–water partition coefficient (Wildman–Crippen LogP) is 5.89. The minimum atomic E-state index is 0. The van der Waals surface area contributed by atoms with E-state index in [-0.39, 0.29) is 25.9 Å².